The molecule has 0 saturated carbocycles. The van der Waals surface area contributed by atoms with Crippen LogP contribution in [0.2, 0.25) is 0 Å². The van der Waals surface area contributed by atoms with E-state index in [0.717, 1.165) is 5.56 Å². The summed E-state index contributed by atoms with van der Waals surface area (Å²) in [5.74, 6) is -0.162. The van der Waals surface area contributed by atoms with Crippen molar-refractivity contribution in [2.24, 2.45) is 11.7 Å². The molecule has 0 unspecified atom stereocenters. The van der Waals surface area contributed by atoms with Crippen molar-refractivity contribution < 1.29 is 9.59 Å². The maximum atomic E-state index is 12.0. The average molecular weight is 277 g/mol. The molecule has 0 bridgehead atoms. The molecular weight excluding hydrogens is 254 g/mol. The first-order chi connectivity index (χ1) is 9.32. The van der Waals surface area contributed by atoms with E-state index in [1.165, 1.54) is 6.92 Å². The predicted octanol–water partition coefficient (Wildman–Crippen LogP) is 1.59. The number of anilines is 1. The van der Waals surface area contributed by atoms with Gasteiger partial charge in [-0.25, -0.2) is 0 Å². The van der Waals surface area contributed by atoms with Gasteiger partial charge in [0.1, 0.15) is 0 Å². The highest BCUT2D eigenvalue weighted by Gasteiger charge is 2.18. The minimum atomic E-state index is -0.548. The third-order valence-corrected chi connectivity index (χ3v) is 3.24. The van der Waals surface area contributed by atoms with Crippen molar-refractivity contribution in [3.63, 3.8) is 0 Å². The first kappa shape index (κ1) is 16.2. The summed E-state index contributed by atoms with van der Waals surface area (Å²) < 4.78 is 0. The van der Waals surface area contributed by atoms with Gasteiger partial charge in [0.25, 0.3) is 0 Å². The van der Waals surface area contributed by atoms with E-state index in [-0.39, 0.29) is 17.7 Å². The number of amides is 2. The molecule has 0 spiro atoms. The van der Waals surface area contributed by atoms with Crippen LogP contribution in [0.3, 0.4) is 0 Å². The molecule has 5 nitrogen and oxygen atoms in total. The highest BCUT2D eigenvalue weighted by Crippen LogP contribution is 2.17. The maximum Gasteiger partial charge on any atom is 0.241 e. The largest absolute Gasteiger partial charge is 0.342 e. The Morgan fingerprint density at radius 3 is 2.45 bits per heavy atom. The van der Waals surface area contributed by atoms with Crippen LogP contribution in [0, 0.1) is 5.92 Å². The summed E-state index contributed by atoms with van der Waals surface area (Å²) in [6, 6.07) is 6.87. The van der Waals surface area contributed by atoms with E-state index in [4.69, 9.17) is 5.73 Å². The zero-order valence-electron chi connectivity index (χ0n) is 12.5. The van der Waals surface area contributed by atoms with Crippen LogP contribution in [0.25, 0.3) is 0 Å². The number of nitrogens with one attached hydrogen (secondary N) is 1. The molecule has 1 rings (SSSR count). The van der Waals surface area contributed by atoms with Crippen molar-refractivity contribution in [3.05, 3.63) is 29.8 Å². The number of hydrogen-bond donors (Lipinski definition) is 2. The molecule has 0 aliphatic carbocycles. The molecule has 1 atom stereocenters. The zero-order valence-corrected chi connectivity index (χ0v) is 12.5. The molecule has 0 heterocycles. The number of carbonyl (C=O) groups is 2. The fourth-order valence-electron chi connectivity index (χ4n) is 1.67. The van der Waals surface area contributed by atoms with Gasteiger partial charge in [0.05, 0.1) is 6.04 Å². The second kappa shape index (κ2) is 7.05. The Labute approximate surface area is 120 Å². The Kier molecular flexibility index (Phi) is 5.70. The van der Waals surface area contributed by atoms with E-state index in [1.54, 1.807) is 11.9 Å². The molecule has 0 radical (unpaired) electrons. The molecule has 0 fully saturated rings. The quantitative estimate of drug-likeness (QED) is 0.858. The lowest BCUT2D eigenvalue weighted by Crippen LogP contribution is -2.40. The van der Waals surface area contributed by atoms with Crippen LogP contribution < -0.4 is 11.1 Å². The number of benzene rings is 1. The highest BCUT2D eigenvalue weighted by atomic mass is 16.2. The third-order valence-electron chi connectivity index (χ3n) is 3.24. The number of rotatable bonds is 5. The minimum Gasteiger partial charge on any atom is -0.342 e. The van der Waals surface area contributed by atoms with Gasteiger partial charge >= 0.3 is 0 Å². The van der Waals surface area contributed by atoms with Crippen LogP contribution in [-0.4, -0.2) is 29.8 Å². The van der Waals surface area contributed by atoms with Crippen LogP contribution >= 0.6 is 0 Å². The second-order valence-electron chi connectivity index (χ2n) is 5.29. The third kappa shape index (κ3) is 4.35. The average Bonchev–Trinajstić information content (AvgIpc) is 2.39. The molecule has 5 heteroatoms. The number of nitrogens with zero attached hydrogens (tertiary/aromatic N) is 1. The Morgan fingerprint density at radius 2 is 1.90 bits per heavy atom. The molecule has 1 aromatic carbocycles. The molecule has 1 aromatic rings. The summed E-state index contributed by atoms with van der Waals surface area (Å²) in [4.78, 5) is 24.9. The summed E-state index contributed by atoms with van der Waals surface area (Å²) in [7, 11) is 1.72. The van der Waals surface area contributed by atoms with E-state index in [0.29, 0.717) is 12.2 Å². The summed E-state index contributed by atoms with van der Waals surface area (Å²) in [5.41, 5.74) is 7.41. The van der Waals surface area contributed by atoms with Gasteiger partial charge in [-0.2, -0.15) is 0 Å². The predicted molar refractivity (Wildman–Crippen MR) is 80.0 cm³/mol. The van der Waals surface area contributed by atoms with Crippen molar-refractivity contribution in [3.8, 4) is 0 Å². The normalized spacial score (nSPS) is 12.1. The second-order valence-corrected chi connectivity index (χ2v) is 5.29. The summed E-state index contributed by atoms with van der Waals surface area (Å²) in [5, 5.41) is 2.83. The van der Waals surface area contributed by atoms with Crippen molar-refractivity contribution in [2.75, 3.05) is 12.4 Å². The van der Waals surface area contributed by atoms with Gasteiger partial charge in [0.2, 0.25) is 11.8 Å². The molecule has 110 valence electrons. The van der Waals surface area contributed by atoms with Gasteiger partial charge < -0.3 is 16.0 Å². The monoisotopic (exact) mass is 277 g/mol. The molecule has 2 amide bonds. The van der Waals surface area contributed by atoms with Crippen LogP contribution in [0.1, 0.15) is 26.3 Å². The summed E-state index contributed by atoms with van der Waals surface area (Å²) in [6.07, 6.45) is 0. The number of nitrogens with two attached hydrogens (primary N) is 1. The molecule has 3 N–H and O–H groups in total. The lowest BCUT2D eigenvalue weighted by molar-refractivity contribution is -0.128. The summed E-state index contributed by atoms with van der Waals surface area (Å²) >= 11 is 0. The van der Waals surface area contributed by atoms with Gasteiger partial charge in [-0.05, 0) is 17.5 Å². The number of carbonyl (C=O) groups excluding carboxylic acids is 2. The zero-order chi connectivity index (χ0) is 15.3. The molecular formula is C15H23N3O2. The van der Waals surface area contributed by atoms with Crippen LogP contribution in [0.15, 0.2) is 24.3 Å². The van der Waals surface area contributed by atoms with Crippen molar-refractivity contribution >= 4 is 17.5 Å². The smallest absolute Gasteiger partial charge is 0.241 e. The lowest BCUT2D eigenvalue weighted by atomic mass is 10.0. The number of hydrogen-bond acceptors (Lipinski definition) is 3. The SMILES string of the molecule is CC(=O)N(C)Cc1ccccc1NC(=O)[C@@H](N)C(C)C. The van der Waals surface area contributed by atoms with Crippen molar-refractivity contribution in [1.82, 2.24) is 4.90 Å². The first-order valence-electron chi connectivity index (χ1n) is 6.69. The molecule has 0 aliphatic heterocycles. The standard InChI is InChI=1S/C15H23N3O2/c1-10(2)14(16)15(20)17-13-8-6-5-7-12(13)9-18(4)11(3)19/h5-8,10,14H,9,16H2,1-4H3,(H,17,20)/t14-/m0/s1. The first-order valence-corrected chi connectivity index (χ1v) is 6.69. The lowest BCUT2D eigenvalue weighted by Gasteiger charge is -2.20. The Balaban J connectivity index is 2.85. The Bertz CT molecular complexity index is 486. The fraction of sp³-hybridized carbons (Fsp3) is 0.467. The topological polar surface area (TPSA) is 75.4 Å². The van der Waals surface area contributed by atoms with E-state index in [2.05, 4.69) is 5.32 Å². The molecule has 0 saturated heterocycles. The number of para-hydroxylation sites is 1. The minimum absolute atomic E-state index is 0.0231. The van der Waals surface area contributed by atoms with E-state index in [9.17, 15) is 9.59 Å². The van der Waals surface area contributed by atoms with E-state index < -0.39 is 6.04 Å². The molecule has 0 aromatic heterocycles. The van der Waals surface area contributed by atoms with Gasteiger partial charge in [-0.1, -0.05) is 32.0 Å². The van der Waals surface area contributed by atoms with Gasteiger partial charge in [0.15, 0.2) is 0 Å². The van der Waals surface area contributed by atoms with Crippen LogP contribution in [0.4, 0.5) is 5.69 Å². The van der Waals surface area contributed by atoms with Gasteiger partial charge in [-0.15, -0.1) is 0 Å². The van der Waals surface area contributed by atoms with Gasteiger partial charge in [0, 0.05) is 26.2 Å². The van der Waals surface area contributed by atoms with E-state index >= 15 is 0 Å². The summed E-state index contributed by atoms with van der Waals surface area (Å²) in [6.45, 7) is 5.76. The molecule has 20 heavy (non-hydrogen) atoms. The Hall–Kier alpha value is -1.88. The maximum absolute atomic E-state index is 12.0. The van der Waals surface area contributed by atoms with Crippen LogP contribution in [-0.2, 0) is 16.1 Å². The van der Waals surface area contributed by atoms with Crippen LogP contribution in [0.5, 0.6) is 0 Å². The van der Waals surface area contributed by atoms with Gasteiger partial charge in [-0.3, -0.25) is 9.59 Å². The van der Waals surface area contributed by atoms with Crippen molar-refractivity contribution in [2.45, 2.75) is 33.4 Å². The highest BCUT2D eigenvalue weighted by molar-refractivity contribution is 5.95. The van der Waals surface area contributed by atoms with E-state index in [1.807, 2.05) is 38.1 Å². The fourth-order valence-corrected chi connectivity index (χ4v) is 1.67. The molecule has 0 aliphatic rings. The van der Waals surface area contributed by atoms with Crippen molar-refractivity contribution in [1.29, 1.82) is 0 Å². The Morgan fingerprint density at radius 1 is 1.30 bits per heavy atom.